The maximum atomic E-state index is 11.9. The Morgan fingerprint density at radius 1 is 0.759 bits per heavy atom. The predicted molar refractivity (Wildman–Crippen MR) is 120 cm³/mol. The molecule has 0 saturated heterocycles. The van der Waals surface area contributed by atoms with Gasteiger partial charge in [-0.25, -0.2) is 4.79 Å². The average molecular weight is 414 g/mol. The average Bonchev–Trinajstić information content (AvgIpc) is 2.70. The van der Waals surface area contributed by atoms with Gasteiger partial charge in [-0.2, -0.15) is 0 Å². The Morgan fingerprint density at radius 3 is 1.55 bits per heavy atom. The van der Waals surface area contributed by atoms with Gasteiger partial charge in [-0.3, -0.25) is 4.79 Å². The highest BCUT2D eigenvalue weighted by Crippen LogP contribution is 2.13. The molecule has 2 N–H and O–H groups in total. The molecule has 0 aromatic heterocycles. The number of nitrogens with one attached hydrogen (secondary N) is 1. The van der Waals surface area contributed by atoms with Crippen molar-refractivity contribution in [2.45, 2.75) is 142 Å². The summed E-state index contributed by atoms with van der Waals surface area (Å²) in [6.45, 7) is 5.45. The number of hydrogen-bond donors (Lipinski definition) is 2. The van der Waals surface area contributed by atoms with Gasteiger partial charge in [0.15, 0.2) is 6.23 Å². The molecule has 0 fully saturated rings. The summed E-state index contributed by atoms with van der Waals surface area (Å²) < 4.78 is 5.04. The van der Waals surface area contributed by atoms with Gasteiger partial charge in [0, 0.05) is 12.8 Å². The predicted octanol–water partition coefficient (Wildman–Crippen LogP) is 6.02. The van der Waals surface area contributed by atoms with Crippen molar-refractivity contribution >= 4 is 11.9 Å². The molecule has 1 amide bonds. The monoisotopic (exact) mass is 413 g/mol. The van der Waals surface area contributed by atoms with Crippen LogP contribution < -0.4 is 5.32 Å². The highest BCUT2D eigenvalue weighted by Gasteiger charge is 2.18. The Bertz CT molecular complexity index is 398. The molecule has 0 aromatic rings. The van der Waals surface area contributed by atoms with E-state index < -0.39 is 18.3 Å². The van der Waals surface area contributed by atoms with Crippen LogP contribution in [0.5, 0.6) is 0 Å². The van der Waals surface area contributed by atoms with E-state index >= 15 is 0 Å². The van der Waals surface area contributed by atoms with Crippen molar-refractivity contribution in [2.24, 2.45) is 0 Å². The second-order valence-electron chi connectivity index (χ2n) is 8.28. The van der Waals surface area contributed by atoms with Gasteiger partial charge in [-0.1, -0.05) is 104 Å². The molecule has 172 valence electrons. The molecule has 0 aliphatic carbocycles. The van der Waals surface area contributed by atoms with E-state index in [1.165, 1.54) is 90.4 Å². The minimum absolute atomic E-state index is 0.0927. The van der Waals surface area contributed by atoms with Crippen LogP contribution in [0.2, 0.25) is 0 Å². The lowest BCUT2D eigenvalue weighted by Crippen LogP contribution is -2.39. The van der Waals surface area contributed by atoms with Crippen molar-refractivity contribution in [1.82, 2.24) is 5.32 Å². The fourth-order valence-electron chi connectivity index (χ4n) is 3.36. The van der Waals surface area contributed by atoms with Crippen LogP contribution >= 0.6 is 0 Å². The van der Waals surface area contributed by atoms with E-state index in [0.717, 1.165) is 12.8 Å². The Labute approximate surface area is 179 Å². The molecule has 0 saturated carbocycles. The number of rotatable bonds is 20. The lowest BCUT2D eigenvalue weighted by atomic mass is 10.0. The number of amides is 1. The molecule has 0 radical (unpaired) electrons. The standard InChI is InChI=1S/C24H47NO4/c1-4-6-7-8-9-10-11-12-13-14-15-16-17-18-19-20-22(27)25-23(5-2)29-24(28)21(3)26/h21,23,26H,4-20H2,1-3H3,(H,25,27)/t21-,23+/m0/s1. The third-order valence-corrected chi connectivity index (χ3v) is 5.30. The van der Waals surface area contributed by atoms with Crippen molar-refractivity contribution in [3.05, 3.63) is 0 Å². The van der Waals surface area contributed by atoms with Crippen molar-refractivity contribution < 1.29 is 19.4 Å². The van der Waals surface area contributed by atoms with Crippen LogP contribution in [0.3, 0.4) is 0 Å². The molecule has 5 nitrogen and oxygen atoms in total. The number of esters is 1. The summed E-state index contributed by atoms with van der Waals surface area (Å²) in [7, 11) is 0. The SMILES string of the molecule is CCCCCCCCCCCCCCCCCC(=O)N[C@@H](CC)OC(=O)[C@H](C)O. The van der Waals surface area contributed by atoms with Crippen LogP contribution in [0.4, 0.5) is 0 Å². The molecule has 0 aliphatic rings. The van der Waals surface area contributed by atoms with Gasteiger partial charge >= 0.3 is 5.97 Å². The summed E-state index contributed by atoms with van der Waals surface area (Å²) in [5.41, 5.74) is 0. The van der Waals surface area contributed by atoms with Crippen molar-refractivity contribution in [2.75, 3.05) is 0 Å². The molecule has 2 atom stereocenters. The van der Waals surface area contributed by atoms with Crippen LogP contribution in [0.15, 0.2) is 0 Å². The Morgan fingerprint density at radius 2 is 1.17 bits per heavy atom. The molecule has 0 unspecified atom stereocenters. The summed E-state index contributed by atoms with van der Waals surface area (Å²) in [4.78, 5) is 23.3. The Balaban J connectivity index is 3.43. The van der Waals surface area contributed by atoms with Crippen molar-refractivity contribution in [3.63, 3.8) is 0 Å². The van der Waals surface area contributed by atoms with Gasteiger partial charge in [-0.15, -0.1) is 0 Å². The number of aliphatic hydroxyl groups is 1. The molecule has 0 heterocycles. The molecular formula is C24H47NO4. The van der Waals surface area contributed by atoms with Crippen LogP contribution in [0.25, 0.3) is 0 Å². The van der Waals surface area contributed by atoms with Gasteiger partial charge in [0.2, 0.25) is 5.91 Å². The first-order valence-electron chi connectivity index (χ1n) is 12.2. The summed E-state index contributed by atoms with van der Waals surface area (Å²) in [5, 5.41) is 11.9. The maximum Gasteiger partial charge on any atom is 0.336 e. The van der Waals surface area contributed by atoms with Crippen LogP contribution in [-0.4, -0.2) is 29.3 Å². The largest absolute Gasteiger partial charge is 0.440 e. The first kappa shape index (κ1) is 27.9. The third kappa shape index (κ3) is 18.7. The van der Waals surface area contributed by atoms with Crippen LogP contribution in [0.1, 0.15) is 130 Å². The first-order valence-corrected chi connectivity index (χ1v) is 12.2. The first-order chi connectivity index (χ1) is 14.0. The number of aliphatic hydroxyl groups excluding tert-OH is 1. The number of ether oxygens (including phenoxy) is 1. The van der Waals surface area contributed by atoms with E-state index in [-0.39, 0.29) is 5.91 Å². The zero-order valence-corrected chi connectivity index (χ0v) is 19.3. The van der Waals surface area contributed by atoms with Gasteiger partial charge in [0.1, 0.15) is 6.10 Å². The summed E-state index contributed by atoms with van der Waals surface area (Å²) >= 11 is 0. The molecule has 0 bridgehead atoms. The van der Waals surface area contributed by atoms with E-state index in [1.54, 1.807) is 0 Å². The second kappa shape index (κ2) is 20.2. The molecule has 5 heteroatoms. The minimum Gasteiger partial charge on any atom is -0.440 e. The normalized spacial score (nSPS) is 13.1. The fraction of sp³-hybridized carbons (Fsp3) is 0.917. The van der Waals surface area contributed by atoms with Crippen molar-refractivity contribution in [3.8, 4) is 0 Å². The summed E-state index contributed by atoms with van der Waals surface area (Å²) in [6, 6.07) is 0. The molecule has 0 aromatic carbocycles. The summed E-state index contributed by atoms with van der Waals surface area (Å²) in [5.74, 6) is -0.797. The molecule has 0 aliphatic heterocycles. The highest BCUT2D eigenvalue weighted by atomic mass is 16.6. The number of unbranched alkanes of at least 4 members (excludes halogenated alkanes) is 14. The maximum absolute atomic E-state index is 11.9. The topological polar surface area (TPSA) is 75.6 Å². The second-order valence-corrected chi connectivity index (χ2v) is 8.28. The highest BCUT2D eigenvalue weighted by molar-refractivity contribution is 5.77. The van der Waals surface area contributed by atoms with Crippen LogP contribution in [0, 0.1) is 0 Å². The summed E-state index contributed by atoms with van der Waals surface area (Å²) in [6.07, 6.45) is 18.6. The minimum atomic E-state index is -1.17. The molecule has 29 heavy (non-hydrogen) atoms. The van der Waals surface area contributed by atoms with Gasteiger partial charge in [0.05, 0.1) is 0 Å². The smallest absolute Gasteiger partial charge is 0.336 e. The quantitative estimate of drug-likeness (QED) is 0.145. The van der Waals surface area contributed by atoms with E-state index in [0.29, 0.717) is 12.8 Å². The Hall–Kier alpha value is -1.10. The fourth-order valence-corrected chi connectivity index (χ4v) is 3.36. The Kier molecular flexibility index (Phi) is 19.4. The van der Waals surface area contributed by atoms with Gasteiger partial charge in [0.25, 0.3) is 0 Å². The zero-order valence-electron chi connectivity index (χ0n) is 19.3. The van der Waals surface area contributed by atoms with E-state index in [1.807, 2.05) is 6.92 Å². The number of carbonyl (C=O) groups is 2. The number of carbonyl (C=O) groups excluding carboxylic acids is 2. The molecule has 0 rings (SSSR count). The van der Waals surface area contributed by atoms with Crippen molar-refractivity contribution in [1.29, 1.82) is 0 Å². The van der Waals surface area contributed by atoms with Crippen LogP contribution in [-0.2, 0) is 14.3 Å². The number of hydrogen-bond acceptors (Lipinski definition) is 4. The van der Waals surface area contributed by atoms with E-state index in [2.05, 4.69) is 12.2 Å². The lowest BCUT2D eigenvalue weighted by Gasteiger charge is -2.18. The van der Waals surface area contributed by atoms with Gasteiger partial charge < -0.3 is 15.2 Å². The zero-order chi connectivity index (χ0) is 21.7. The molecular weight excluding hydrogens is 366 g/mol. The lowest BCUT2D eigenvalue weighted by molar-refractivity contribution is -0.161. The van der Waals surface area contributed by atoms with Gasteiger partial charge in [-0.05, 0) is 13.3 Å². The van der Waals surface area contributed by atoms with E-state index in [9.17, 15) is 9.59 Å². The van der Waals surface area contributed by atoms with E-state index in [4.69, 9.17) is 9.84 Å². The molecule has 0 spiro atoms. The third-order valence-electron chi connectivity index (χ3n) is 5.30.